The van der Waals surface area contributed by atoms with Crippen LogP contribution in [0.4, 0.5) is 0 Å². The van der Waals surface area contributed by atoms with Crippen molar-refractivity contribution in [1.29, 1.82) is 0 Å². The number of aliphatic carboxylic acids is 1. The maximum Gasteiger partial charge on any atom is 0.326 e. The molecule has 0 aliphatic heterocycles. The summed E-state index contributed by atoms with van der Waals surface area (Å²) in [7, 11) is 0. The minimum atomic E-state index is -1.22. The number of carboxylic acid groups (broad SMARTS) is 1. The van der Waals surface area contributed by atoms with E-state index in [9.17, 15) is 24.3 Å². The van der Waals surface area contributed by atoms with Crippen LogP contribution < -0.4 is 21.7 Å². The zero-order valence-electron chi connectivity index (χ0n) is 23.0. The summed E-state index contributed by atoms with van der Waals surface area (Å²) in [6, 6.07) is 3.68. The fourth-order valence-electron chi connectivity index (χ4n) is 4.28. The summed E-state index contributed by atoms with van der Waals surface area (Å²) in [6.07, 6.45) is 9.37. The molecule has 4 atom stereocenters. The molecule has 41 heavy (non-hydrogen) atoms. The number of carbonyl (C=O) groups is 4. The lowest BCUT2D eigenvalue weighted by molar-refractivity contribution is -0.142. The van der Waals surface area contributed by atoms with Crippen LogP contribution in [-0.4, -0.2) is 91.9 Å². The Hall–Kier alpha value is -3.49. The number of nitrogens with two attached hydrogens (primary N) is 1. The number of nitrogens with one attached hydrogen (secondary N) is 5. The lowest BCUT2D eigenvalue weighted by atomic mass is 10.0. The van der Waals surface area contributed by atoms with Gasteiger partial charge in [0, 0.05) is 35.4 Å². The fraction of sp³-hybridized carbons (Fsp3) is 0.444. The molecule has 222 valence electrons. The van der Waals surface area contributed by atoms with Gasteiger partial charge in [0.15, 0.2) is 0 Å². The van der Waals surface area contributed by atoms with E-state index >= 15 is 0 Å². The number of aromatic amines is 2. The van der Waals surface area contributed by atoms with Crippen LogP contribution in [0.25, 0.3) is 10.9 Å². The maximum atomic E-state index is 13.4. The minimum absolute atomic E-state index is 0.00495. The van der Waals surface area contributed by atoms with Crippen molar-refractivity contribution in [2.45, 2.75) is 49.9 Å². The summed E-state index contributed by atoms with van der Waals surface area (Å²) in [4.78, 5) is 61.2. The van der Waals surface area contributed by atoms with Gasteiger partial charge in [-0.25, -0.2) is 9.78 Å². The minimum Gasteiger partial charge on any atom is -0.480 e. The Bertz CT molecular complexity index is 1300. The fourth-order valence-corrected chi connectivity index (χ4v) is 5.22. The Kier molecular flexibility index (Phi) is 12.6. The van der Waals surface area contributed by atoms with E-state index in [1.165, 1.54) is 36.0 Å². The Morgan fingerprint density at radius 1 is 0.902 bits per heavy atom. The molecule has 12 nitrogen and oxygen atoms in total. The first-order valence-corrected chi connectivity index (χ1v) is 15.9. The molecule has 0 spiro atoms. The van der Waals surface area contributed by atoms with Crippen LogP contribution in [0.15, 0.2) is 43.0 Å². The Morgan fingerprint density at radius 3 is 2.10 bits per heavy atom. The van der Waals surface area contributed by atoms with Gasteiger partial charge in [0.2, 0.25) is 17.7 Å². The van der Waals surface area contributed by atoms with E-state index in [1.54, 1.807) is 0 Å². The number of hydrogen-bond acceptors (Lipinski definition) is 8. The van der Waals surface area contributed by atoms with Crippen molar-refractivity contribution in [2.75, 3.05) is 24.0 Å². The number of nitrogens with zero attached hydrogens (tertiary/aromatic N) is 1. The number of thioether (sulfide) groups is 2. The number of para-hydroxylation sites is 1. The Morgan fingerprint density at radius 2 is 1.51 bits per heavy atom. The average molecular weight is 604 g/mol. The molecular formula is C27H37N7O5S2. The monoisotopic (exact) mass is 603 g/mol. The van der Waals surface area contributed by atoms with E-state index in [-0.39, 0.29) is 19.3 Å². The van der Waals surface area contributed by atoms with E-state index in [0.717, 1.165) is 16.5 Å². The molecule has 3 rings (SSSR count). The largest absolute Gasteiger partial charge is 0.480 e. The first kappa shape index (κ1) is 32.0. The highest BCUT2D eigenvalue weighted by atomic mass is 32.2. The molecule has 4 unspecified atom stereocenters. The van der Waals surface area contributed by atoms with Crippen molar-refractivity contribution in [3.8, 4) is 0 Å². The van der Waals surface area contributed by atoms with Crippen molar-refractivity contribution in [1.82, 2.24) is 30.9 Å². The van der Waals surface area contributed by atoms with Gasteiger partial charge in [-0.05, 0) is 54.9 Å². The van der Waals surface area contributed by atoms with Gasteiger partial charge in [0.25, 0.3) is 0 Å². The van der Waals surface area contributed by atoms with Crippen molar-refractivity contribution in [3.05, 3.63) is 54.2 Å². The van der Waals surface area contributed by atoms with Gasteiger partial charge >= 0.3 is 5.97 Å². The number of carboxylic acids is 1. The molecule has 0 radical (unpaired) electrons. The molecule has 1 aromatic carbocycles. The SMILES string of the molecule is CSCCC(NC(=O)C(N)Cc1c[nH]c2ccccc12)C(=O)NC(CCSC)C(=O)NC(Cc1cnc[nH]1)C(=O)O. The van der Waals surface area contributed by atoms with Crippen LogP contribution in [-0.2, 0) is 32.0 Å². The third-order valence-corrected chi connectivity index (χ3v) is 7.82. The van der Waals surface area contributed by atoms with Gasteiger partial charge < -0.3 is 36.8 Å². The molecule has 2 heterocycles. The lowest BCUT2D eigenvalue weighted by Crippen LogP contribution is -2.57. The van der Waals surface area contributed by atoms with Crippen LogP contribution in [0.5, 0.6) is 0 Å². The van der Waals surface area contributed by atoms with E-state index in [0.29, 0.717) is 23.6 Å². The predicted molar refractivity (Wildman–Crippen MR) is 162 cm³/mol. The number of H-pyrrole nitrogens is 2. The van der Waals surface area contributed by atoms with Gasteiger partial charge in [0.05, 0.1) is 12.4 Å². The molecular weight excluding hydrogens is 566 g/mol. The Balaban J connectivity index is 1.67. The number of imidazole rings is 1. The molecule has 2 aromatic heterocycles. The van der Waals surface area contributed by atoms with E-state index < -0.39 is 47.9 Å². The van der Waals surface area contributed by atoms with Crippen LogP contribution in [0, 0.1) is 0 Å². The quantitative estimate of drug-likeness (QED) is 0.118. The summed E-state index contributed by atoms with van der Waals surface area (Å²) in [5.41, 5.74) is 8.62. The number of carbonyl (C=O) groups excluding carboxylic acids is 3. The van der Waals surface area contributed by atoms with Gasteiger partial charge in [-0.3, -0.25) is 14.4 Å². The number of rotatable bonds is 17. The van der Waals surface area contributed by atoms with E-state index in [2.05, 4.69) is 30.9 Å². The molecule has 0 aliphatic carbocycles. The average Bonchev–Trinajstić information content (AvgIpc) is 3.62. The molecule has 0 saturated heterocycles. The van der Waals surface area contributed by atoms with Crippen LogP contribution in [0.3, 0.4) is 0 Å². The standard InChI is InChI=1S/C27H37N7O5S2/c1-40-9-7-21(32-24(35)19(28)11-16-13-30-20-6-4-3-5-18(16)20)25(36)33-22(8-10-41-2)26(37)34-23(27(38)39)12-17-14-29-15-31-17/h3-6,13-15,19,21-23,30H,7-12,28H2,1-2H3,(H,29,31)(H,32,35)(H,33,36)(H,34,37)(H,38,39). The van der Waals surface area contributed by atoms with Crippen molar-refractivity contribution >= 4 is 58.1 Å². The number of amides is 3. The summed E-state index contributed by atoms with van der Waals surface area (Å²) in [6.45, 7) is 0. The van der Waals surface area contributed by atoms with E-state index in [1.807, 2.05) is 43.0 Å². The van der Waals surface area contributed by atoms with Crippen LogP contribution >= 0.6 is 23.5 Å². The Labute approximate surface area is 246 Å². The summed E-state index contributed by atoms with van der Waals surface area (Å²) in [5.74, 6) is -1.71. The van der Waals surface area contributed by atoms with Gasteiger partial charge in [-0.1, -0.05) is 18.2 Å². The highest BCUT2D eigenvalue weighted by Crippen LogP contribution is 2.19. The van der Waals surface area contributed by atoms with Gasteiger partial charge in [0.1, 0.15) is 18.1 Å². The summed E-state index contributed by atoms with van der Waals surface area (Å²) >= 11 is 3.01. The lowest BCUT2D eigenvalue weighted by Gasteiger charge is -2.25. The third-order valence-electron chi connectivity index (χ3n) is 6.53. The molecule has 0 saturated carbocycles. The normalized spacial score (nSPS) is 14.1. The second-order valence-corrected chi connectivity index (χ2v) is 11.5. The third kappa shape index (κ3) is 9.54. The summed E-state index contributed by atoms with van der Waals surface area (Å²) < 4.78 is 0. The molecule has 0 bridgehead atoms. The van der Waals surface area contributed by atoms with Crippen molar-refractivity contribution in [3.63, 3.8) is 0 Å². The zero-order valence-corrected chi connectivity index (χ0v) is 24.6. The highest BCUT2D eigenvalue weighted by molar-refractivity contribution is 7.98. The van der Waals surface area contributed by atoms with Gasteiger partial charge in [-0.15, -0.1) is 0 Å². The summed E-state index contributed by atoms with van der Waals surface area (Å²) in [5, 5.41) is 18.6. The predicted octanol–water partition coefficient (Wildman–Crippen LogP) is 1.05. The number of fused-ring (bicyclic) bond motifs is 1. The molecule has 14 heteroatoms. The van der Waals surface area contributed by atoms with Crippen LogP contribution in [0.2, 0.25) is 0 Å². The molecule has 8 N–H and O–H groups in total. The molecule has 0 fully saturated rings. The van der Waals surface area contributed by atoms with Gasteiger partial charge in [-0.2, -0.15) is 23.5 Å². The maximum absolute atomic E-state index is 13.4. The number of hydrogen-bond donors (Lipinski definition) is 7. The second kappa shape index (κ2) is 16.1. The molecule has 3 amide bonds. The highest BCUT2D eigenvalue weighted by Gasteiger charge is 2.30. The van der Waals surface area contributed by atoms with Crippen LogP contribution in [0.1, 0.15) is 24.1 Å². The number of benzene rings is 1. The zero-order chi connectivity index (χ0) is 29.8. The molecule has 0 aliphatic rings. The number of aromatic nitrogens is 3. The first-order chi connectivity index (χ1) is 19.7. The second-order valence-electron chi connectivity index (χ2n) is 9.54. The molecule has 3 aromatic rings. The van der Waals surface area contributed by atoms with Crippen molar-refractivity contribution < 1.29 is 24.3 Å². The van der Waals surface area contributed by atoms with E-state index in [4.69, 9.17) is 5.73 Å². The topological polar surface area (TPSA) is 195 Å². The first-order valence-electron chi connectivity index (χ1n) is 13.1. The smallest absolute Gasteiger partial charge is 0.326 e. The van der Waals surface area contributed by atoms with Crippen molar-refractivity contribution in [2.24, 2.45) is 5.73 Å².